The van der Waals surface area contributed by atoms with E-state index >= 15 is 0 Å². The van der Waals surface area contributed by atoms with Crippen molar-refractivity contribution in [3.8, 4) is 0 Å². The first-order chi connectivity index (χ1) is 11.5. The van der Waals surface area contributed by atoms with Gasteiger partial charge < -0.3 is 9.80 Å². The monoisotopic (exact) mass is 336 g/mol. The lowest BCUT2D eigenvalue weighted by molar-refractivity contribution is -0.136. The second-order valence-corrected chi connectivity index (χ2v) is 6.66. The molecule has 24 heavy (non-hydrogen) atoms. The van der Waals surface area contributed by atoms with Gasteiger partial charge in [-0.2, -0.15) is 0 Å². The summed E-state index contributed by atoms with van der Waals surface area (Å²) in [6, 6.07) is 3.42. The minimum Gasteiger partial charge on any atom is -0.341 e. The van der Waals surface area contributed by atoms with Crippen LogP contribution in [-0.4, -0.2) is 53.5 Å². The van der Waals surface area contributed by atoms with Gasteiger partial charge in [0.05, 0.1) is 6.54 Å². The largest absolute Gasteiger partial charge is 0.341 e. The van der Waals surface area contributed by atoms with Crippen molar-refractivity contribution in [1.29, 1.82) is 0 Å². The molecule has 4 nitrogen and oxygen atoms in total. The third kappa shape index (κ3) is 3.28. The molecule has 0 aromatic heterocycles. The molecule has 0 unspecified atom stereocenters. The molecule has 2 amide bonds. The molecule has 0 spiro atoms. The Morgan fingerprint density at radius 2 is 1.88 bits per heavy atom. The van der Waals surface area contributed by atoms with Gasteiger partial charge in [0.15, 0.2) is 0 Å². The molecular weight excluding hydrogens is 314 g/mol. The van der Waals surface area contributed by atoms with Gasteiger partial charge in [-0.15, -0.1) is 0 Å². The standard InChI is InChI=1S/C18H22F2N2O2/c1-12-5-6-13(9-15(12)20)17(23)22-11-14(19)10-16(22)18(24)21-7-3-2-4-8-21/h5-6,9,14,16H,2-4,7-8,10-11H2,1H3/t14-,16-/m0/s1. The number of hydrogen-bond acceptors (Lipinski definition) is 2. The topological polar surface area (TPSA) is 40.6 Å². The zero-order valence-electron chi connectivity index (χ0n) is 13.8. The van der Waals surface area contributed by atoms with Crippen LogP contribution < -0.4 is 0 Å². The van der Waals surface area contributed by atoms with E-state index in [1.165, 1.54) is 17.0 Å². The van der Waals surface area contributed by atoms with Gasteiger partial charge >= 0.3 is 0 Å². The number of alkyl halides is 1. The first-order valence-electron chi connectivity index (χ1n) is 8.47. The van der Waals surface area contributed by atoms with Gasteiger partial charge in [-0.25, -0.2) is 8.78 Å². The number of amides is 2. The fourth-order valence-electron chi connectivity index (χ4n) is 3.46. The highest BCUT2D eigenvalue weighted by Crippen LogP contribution is 2.26. The highest BCUT2D eigenvalue weighted by Gasteiger charge is 2.42. The van der Waals surface area contributed by atoms with Crippen molar-refractivity contribution in [2.75, 3.05) is 19.6 Å². The lowest BCUT2D eigenvalue weighted by atomic mass is 10.1. The first kappa shape index (κ1) is 16.9. The Hall–Kier alpha value is -1.98. The average molecular weight is 336 g/mol. The zero-order chi connectivity index (χ0) is 17.3. The van der Waals surface area contributed by atoms with Crippen molar-refractivity contribution in [2.45, 2.75) is 44.8 Å². The molecule has 0 N–H and O–H groups in total. The Morgan fingerprint density at radius 3 is 2.54 bits per heavy atom. The molecule has 0 bridgehead atoms. The molecule has 1 aromatic rings. The summed E-state index contributed by atoms with van der Waals surface area (Å²) in [6.07, 6.45) is 1.77. The Kier molecular flexibility index (Phi) is 4.83. The van der Waals surface area contributed by atoms with Crippen molar-refractivity contribution < 1.29 is 18.4 Å². The molecule has 0 aliphatic carbocycles. The summed E-state index contributed by atoms with van der Waals surface area (Å²) in [4.78, 5) is 28.4. The number of halogens is 2. The van der Waals surface area contributed by atoms with Crippen LogP contribution in [0.1, 0.15) is 41.6 Å². The van der Waals surface area contributed by atoms with Gasteiger partial charge in [-0.1, -0.05) is 6.07 Å². The molecule has 2 fully saturated rings. The lowest BCUT2D eigenvalue weighted by Gasteiger charge is -2.32. The van der Waals surface area contributed by atoms with E-state index < -0.39 is 23.9 Å². The van der Waals surface area contributed by atoms with E-state index in [0.29, 0.717) is 18.7 Å². The molecule has 2 atom stereocenters. The van der Waals surface area contributed by atoms with Crippen LogP contribution in [0.3, 0.4) is 0 Å². The molecule has 130 valence electrons. The molecule has 1 aromatic carbocycles. The lowest BCUT2D eigenvalue weighted by Crippen LogP contribution is -2.49. The van der Waals surface area contributed by atoms with E-state index in [1.807, 2.05) is 0 Å². The van der Waals surface area contributed by atoms with Crippen LogP contribution in [0.25, 0.3) is 0 Å². The van der Waals surface area contributed by atoms with Crippen LogP contribution in [0.4, 0.5) is 8.78 Å². The average Bonchev–Trinajstić information content (AvgIpc) is 2.98. The third-order valence-electron chi connectivity index (χ3n) is 4.88. The smallest absolute Gasteiger partial charge is 0.254 e. The van der Waals surface area contributed by atoms with E-state index in [0.717, 1.165) is 25.3 Å². The molecule has 2 heterocycles. The molecule has 2 aliphatic rings. The molecular formula is C18H22F2N2O2. The van der Waals surface area contributed by atoms with Gasteiger partial charge in [0.2, 0.25) is 5.91 Å². The summed E-state index contributed by atoms with van der Waals surface area (Å²) in [5.41, 5.74) is 0.598. The van der Waals surface area contributed by atoms with E-state index in [-0.39, 0.29) is 24.4 Å². The van der Waals surface area contributed by atoms with Crippen molar-refractivity contribution in [3.63, 3.8) is 0 Å². The summed E-state index contributed by atoms with van der Waals surface area (Å²) in [6.45, 7) is 2.82. The van der Waals surface area contributed by atoms with Crippen LogP contribution >= 0.6 is 0 Å². The summed E-state index contributed by atoms with van der Waals surface area (Å²) < 4.78 is 27.7. The minimum atomic E-state index is -1.22. The van der Waals surface area contributed by atoms with Crippen LogP contribution in [-0.2, 0) is 4.79 Å². The number of likely N-dealkylation sites (tertiary alicyclic amines) is 2. The number of aryl methyl sites for hydroxylation is 1. The maximum Gasteiger partial charge on any atom is 0.254 e. The predicted octanol–water partition coefficient (Wildman–Crippen LogP) is 2.70. The van der Waals surface area contributed by atoms with Crippen LogP contribution in [0.5, 0.6) is 0 Å². The molecule has 0 saturated carbocycles. The number of carbonyl (C=O) groups excluding carboxylic acids is 2. The number of piperidine rings is 1. The number of benzene rings is 1. The molecule has 2 saturated heterocycles. The molecule has 0 radical (unpaired) electrons. The van der Waals surface area contributed by atoms with Crippen molar-refractivity contribution in [3.05, 3.63) is 35.1 Å². The van der Waals surface area contributed by atoms with Gasteiger partial charge in [-0.05, 0) is 43.9 Å². The van der Waals surface area contributed by atoms with E-state index in [4.69, 9.17) is 0 Å². The second-order valence-electron chi connectivity index (χ2n) is 6.66. The number of hydrogen-bond donors (Lipinski definition) is 0. The Bertz CT molecular complexity index is 644. The summed E-state index contributed by atoms with van der Waals surface area (Å²) in [5.74, 6) is -1.14. The highest BCUT2D eigenvalue weighted by atomic mass is 19.1. The number of nitrogens with zero attached hydrogens (tertiary/aromatic N) is 2. The fourth-order valence-corrected chi connectivity index (χ4v) is 3.46. The Labute approximate surface area is 140 Å². The Morgan fingerprint density at radius 1 is 1.17 bits per heavy atom. The third-order valence-corrected chi connectivity index (χ3v) is 4.88. The number of rotatable bonds is 2. The second kappa shape index (κ2) is 6.87. The van der Waals surface area contributed by atoms with E-state index in [9.17, 15) is 18.4 Å². The fraction of sp³-hybridized carbons (Fsp3) is 0.556. The first-order valence-corrected chi connectivity index (χ1v) is 8.47. The van der Waals surface area contributed by atoms with Gasteiger partial charge in [-0.3, -0.25) is 9.59 Å². The Balaban J connectivity index is 1.80. The van der Waals surface area contributed by atoms with Crippen molar-refractivity contribution in [2.24, 2.45) is 0 Å². The molecule has 6 heteroatoms. The van der Waals surface area contributed by atoms with Gasteiger partial charge in [0.1, 0.15) is 18.0 Å². The maximum atomic E-state index is 13.9. The van der Waals surface area contributed by atoms with Crippen molar-refractivity contribution >= 4 is 11.8 Å². The zero-order valence-corrected chi connectivity index (χ0v) is 13.8. The van der Waals surface area contributed by atoms with Gasteiger partial charge in [0.25, 0.3) is 5.91 Å². The van der Waals surface area contributed by atoms with Crippen LogP contribution in [0.15, 0.2) is 18.2 Å². The van der Waals surface area contributed by atoms with Gasteiger partial charge in [0, 0.05) is 25.1 Å². The normalized spacial score (nSPS) is 24.3. The quantitative estimate of drug-likeness (QED) is 0.833. The minimum absolute atomic E-state index is 0.0232. The van der Waals surface area contributed by atoms with Crippen molar-refractivity contribution in [1.82, 2.24) is 9.80 Å². The van der Waals surface area contributed by atoms with Crippen LogP contribution in [0, 0.1) is 12.7 Å². The highest BCUT2D eigenvalue weighted by molar-refractivity contribution is 5.98. The SMILES string of the molecule is Cc1ccc(C(=O)N2C[C@@H](F)C[C@H]2C(=O)N2CCCCC2)cc1F. The summed E-state index contributed by atoms with van der Waals surface area (Å²) >= 11 is 0. The molecule has 2 aliphatic heterocycles. The van der Waals surface area contributed by atoms with E-state index in [1.54, 1.807) is 11.8 Å². The molecule has 3 rings (SSSR count). The number of carbonyl (C=O) groups is 2. The summed E-state index contributed by atoms with van der Waals surface area (Å²) in [7, 11) is 0. The van der Waals surface area contributed by atoms with E-state index in [2.05, 4.69) is 0 Å². The van der Waals surface area contributed by atoms with Crippen LogP contribution in [0.2, 0.25) is 0 Å². The maximum absolute atomic E-state index is 13.9. The predicted molar refractivity (Wildman–Crippen MR) is 85.9 cm³/mol. The summed E-state index contributed by atoms with van der Waals surface area (Å²) in [5, 5.41) is 0.